The second kappa shape index (κ2) is 7.75. The molecule has 154 valence electrons. The number of benzene rings is 2. The van der Waals surface area contributed by atoms with Crippen molar-refractivity contribution in [2.24, 2.45) is 0 Å². The lowest BCUT2D eigenvalue weighted by molar-refractivity contribution is -0.0368. The summed E-state index contributed by atoms with van der Waals surface area (Å²) in [6.45, 7) is 1.51. The molecule has 2 aromatic carbocycles. The molecule has 9 heteroatoms. The molecule has 4 rings (SSSR count). The van der Waals surface area contributed by atoms with Crippen LogP contribution < -0.4 is 0 Å². The summed E-state index contributed by atoms with van der Waals surface area (Å²) >= 11 is 0. The molecule has 2 atom stereocenters. The van der Waals surface area contributed by atoms with E-state index in [4.69, 9.17) is 0 Å². The molecule has 0 amide bonds. The predicted molar refractivity (Wildman–Crippen MR) is 103 cm³/mol. The molecule has 30 heavy (non-hydrogen) atoms. The lowest BCUT2D eigenvalue weighted by Crippen LogP contribution is -2.40. The first-order valence-electron chi connectivity index (χ1n) is 9.18. The molecule has 0 saturated carbocycles. The average Bonchev–Trinajstić information content (AvgIpc) is 3.39. The van der Waals surface area contributed by atoms with Gasteiger partial charge in [-0.3, -0.25) is 4.68 Å². The zero-order chi connectivity index (χ0) is 21.3. The minimum atomic E-state index is -1.84. The number of halogens is 3. The first kappa shape index (κ1) is 19.8. The Bertz CT molecular complexity index is 1160. The highest BCUT2D eigenvalue weighted by Crippen LogP contribution is 2.37. The van der Waals surface area contributed by atoms with E-state index in [-0.39, 0.29) is 12.1 Å². The topological polar surface area (TPSA) is 68.8 Å². The van der Waals surface area contributed by atoms with Gasteiger partial charge in [0.05, 0.1) is 18.3 Å². The summed E-state index contributed by atoms with van der Waals surface area (Å²) < 4.78 is 44.5. The lowest BCUT2D eigenvalue weighted by Gasteiger charge is -2.34. The largest absolute Gasteiger partial charge is 0.381 e. The molecular weight excluding hydrogens is 395 g/mol. The summed E-state index contributed by atoms with van der Waals surface area (Å²) in [5, 5.41) is 20.0. The van der Waals surface area contributed by atoms with Crippen molar-refractivity contribution >= 4 is 0 Å². The first-order valence-corrected chi connectivity index (χ1v) is 9.18. The van der Waals surface area contributed by atoms with E-state index in [1.807, 2.05) is 0 Å². The number of hydrogen-bond donors (Lipinski definition) is 1. The summed E-state index contributed by atoms with van der Waals surface area (Å²) in [5.41, 5.74) is -0.885. The number of hydrogen-bond acceptors (Lipinski definition) is 4. The van der Waals surface area contributed by atoms with Gasteiger partial charge in [-0.25, -0.2) is 22.8 Å². The molecular formula is C21H18F3N5O. The van der Waals surface area contributed by atoms with Gasteiger partial charge in [0.2, 0.25) is 0 Å². The maximum atomic E-state index is 14.6. The van der Waals surface area contributed by atoms with Gasteiger partial charge in [-0.2, -0.15) is 10.2 Å². The van der Waals surface area contributed by atoms with Gasteiger partial charge < -0.3 is 5.11 Å². The van der Waals surface area contributed by atoms with E-state index in [9.17, 15) is 18.3 Å². The van der Waals surface area contributed by atoms with Gasteiger partial charge in [0, 0.05) is 23.4 Å². The third kappa shape index (κ3) is 3.71. The average molecular weight is 413 g/mol. The summed E-state index contributed by atoms with van der Waals surface area (Å²) in [6.07, 6.45) is 4.29. The monoisotopic (exact) mass is 413 g/mol. The van der Waals surface area contributed by atoms with Crippen LogP contribution in [0.3, 0.4) is 0 Å². The lowest BCUT2D eigenvalue weighted by atomic mass is 9.86. The van der Waals surface area contributed by atoms with Crippen LogP contribution in [0, 0.1) is 17.5 Å². The van der Waals surface area contributed by atoms with Crippen LogP contribution in [0.25, 0.3) is 11.3 Å². The Hall–Kier alpha value is -3.46. The third-order valence-corrected chi connectivity index (χ3v) is 5.08. The molecule has 0 aliphatic carbocycles. The second-order valence-corrected chi connectivity index (χ2v) is 7.01. The van der Waals surface area contributed by atoms with E-state index in [2.05, 4.69) is 15.2 Å². The molecule has 0 aliphatic rings. The first-order chi connectivity index (χ1) is 14.4. The van der Waals surface area contributed by atoms with E-state index in [0.29, 0.717) is 11.3 Å². The summed E-state index contributed by atoms with van der Waals surface area (Å²) in [7, 11) is 0. The van der Waals surface area contributed by atoms with E-state index in [1.165, 1.54) is 40.2 Å². The Balaban J connectivity index is 1.75. The molecule has 0 bridgehead atoms. The maximum absolute atomic E-state index is 14.6. The van der Waals surface area contributed by atoms with Crippen molar-refractivity contribution in [1.29, 1.82) is 0 Å². The Morgan fingerprint density at radius 2 is 1.87 bits per heavy atom. The van der Waals surface area contributed by atoms with Crippen LogP contribution >= 0.6 is 0 Å². The summed E-state index contributed by atoms with van der Waals surface area (Å²) in [5.74, 6) is -2.03. The van der Waals surface area contributed by atoms with Crippen LogP contribution in [-0.2, 0) is 12.1 Å². The van der Waals surface area contributed by atoms with Gasteiger partial charge in [-0.15, -0.1) is 0 Å². The van der Waals surface area contributed by atoms with Crippen molar-refractivity contribution in [3.63, 3.8) is 0 Å². The Morgan fingerprint density at radius 1 is 1.07 bits per heavy atom. The Labute approximate surface area is 170 Å². The van der Waals surface area contributed by atoms with Gasteiger partial charge in [0.1, 0.15) is 35.7 Å². The molecule has 2 aromatic heterocycles. The van der Waals surface area contributed by atoms with E-state index < -0.39 is 29.1 Å². The van der Waals surface area contributed by atoms with Crippen LogP contribution in [0.2, 0.25) is 0 Å². The van der Waals surface area contributed by atoms with Crippen molar-refractivity contribution in [3.05, 3.63) is 90.4 Å². The fourth-order valence-electron chi connectivity index (χ4n) is 3.42. The van der Waals surface area contributed by atoms with Gasteiger partial charge in [-0.1, -0.05) is 18.2 Å². The number of aromatic nitrogens is 5. The molecule has 0 saturated heterocycles. The van der Waals surface area contributed by atoms with E-state index in [1.54, 1.807) is 31.3 Å². The van der Waals surface area contributed by atoms with E-state index >= 15 is 0 Å². The van der Waals surface area contributed by atoms with Crippen LogP contribution in [0.4, 0.5) is 13.2 Å². The predicted octanol–water partition coefficient (Wildman–Crippen LogP) is 3.71. The Morgan fingerprint density at radius 3 is 2.57 bits per heavy atom. The highest BCUT2D eigenvalue weighted by molar-refractivity contribution is 5.58. The molecule has 4 aromatic rings. The van der Waals surface area contributed by atoms with E-state index in [0.717, 1.165) is 12.1 Å². The molecule has 0 unspecified atom stereocenters. The standard InChI is InChI=1S/C21H18F3N5O/c1-14(29-8-7-20(27-29)15-3-2-4-16(22)9-15)21(30,11-28-13-25-12-26-28)18-6-5-17(23)10-19(18)24/h2-10,12-14,30H,11H2,1H3/t14-,21-/m1/s1. The number of rotatable bonds is 6. The molecule has 6 nitrogen and oxygen atoms in total. The van der Waals surface area contributed by atoms with Crippen molar-refractivity contribution in [3.8, 4) is 11.3 Å². The zero-order valence-electron chi connectivity index (χ0n) is 16.0. The van der Waals surface area contributed by atoms with Gasteiger partial charge >= 0.3 is 0 Å². The van der Waals surface area contributed by atoms with Gasteiger partial charge in [-0.05, 0) is 31.2 Å². The zero-order valence-corrected chi connectivity index (χ0v) is 16.0. The van der Waals surface area contributed by atoms with Crippen LogP contribution in [0.5, 0.6) is 0 Å². The second-order valence-electron chi connectivity index (χ2n) is 7.01. The SMILES string of the molecule is C[C@@H](n1ccc(-c2cccc(F)c2)n1)[C@](O)(Cn1cncn1)c1ccc(F)cc1F. The fraction of sp³-hybridized carbons (Fsp3) is 0.190. The molecule has 1 N–H and O–H groups in total. The van der Waals surface area contributed by atoms with Crippen LogP contribution in [0.1, 0.15) is 18.5 Å². The molecule has 0 spiro atoms. The summed E-state index contributed by atoms with van der Waals surface area (Å²) in [6, 6.07) is 9.84. The minimum Gasteiger partial charge on any atom is -0.381 e. The smallest absolute Gasteiger partial charge is 0.137 e. The van der Waals surface area contributed by atoms with Gasteiger partial charge in [0.25, 0.3) is 0 Å². The third-order valence-electron chi connectivity index (χ3n) is 5.08. The quantitative estimate of drug-likeness (QED) is 0.523. The van der Waals surface area contributed by atoms with Crippen LogP contribution in [-0.4, -0.2) is 29.7 Å². The summed E-state index contributed by atoms with van der Waals surface area (Å²) in [4.78, 5) is 3.85. The molecule has 0 aliphatic heterocycles. The fourth-order valence-corrected chi connectivity index (χ4v) is 3.42. The minimum absolute atomic E-state index is 0.102. The molecule has 0 radical (unpaired) electrons. The molecule has 2 heterocycles. The van der Waals surface area contributed by atoms with Gasteiger partial charge in [0.15, 0.2) is 0 Å². The van der Waals surface area contributed by atoms with Crippen molar-refractivity contribution in [2.75, 3.05) is 0 Å². The van der Waals surface area contributed by atoms with Crippen molar-refractivity contribution in [1.82, 2.24) is 24.5 Å². The van der Waals surface area contributed by atoms with Crippen molar-refractivity contribution in [2.45, 2.75) is 25.1 Å². The van der Waals surface area contributed by atoms with Crippen LogP contribution in [0.15, 0.2) is 67.4 Å². The highest BCUT2D eigenvalue weighted by atomic mass is 19.1. The normalized spacial score (nSPS) is 14.4. The maximum Gasteiger partial charge on any atom is 0.137 e. The van der Waals surface area contributed by atoms with Crippen molar-refractivity contribution < 1.29 is 18.3 Å². The number of nitrogens with zero attached hydrogens (tertiary/aromatic N) is 5. The Kier molecular flexibility index (Phi) is 5.13. The highest BCUT2D eigenvalue weighted by Gasteiger charge is 2.40. The molecule has 0 fully saturated rings. The number of aliphatic hydroxyl groups is 1.